The van der Waals surface area contributed by atoms with E-state index in [0.717, 1.165) is 32.1 Å². The van der Waals surface area contributed by atoms with Crippen molar-refractivity contribution in [1.82, 2.24) is 5.32 Å². The van der Waals surface area contributed by atoms with E-state index in [9.17, 15) is 15.0 Å². The lowest BCUT2D eigenvalue weighted by Crippen LogP contribution is -2.45. The second-order valence-electron chi connectivity index (χ2n) is 14.8. The molecule has 0 heterocycles. The molecule has 0 saturated heterocycles. The molecule has 4 heteroatoms. The van der Waals surface area contributed by atoms with Crippen LogP contribution in [0.1, 0.15) is 232 Å². The van der Waals surface area contributed by atoms with Gasteiger partial charge in [-0.25, -0.2) is 0 Å². The number of unbranched alkanes of at least 4 members (excludes halogenated alkanes) is 30. The molecule has 0 aromatic heterocycles. The Labute approximate surface area is 300 Å². The third kappa shape index (κ3) is 36.2. The number of carbonyl (C=O) groups excluding carboxylic acids is 1. The van der Waals surface area contributed by atoms with E-state index in [-0.39, 0.29) is 12.5 Å². The van der Waals surface area contributed by atoms with Crippen LogP contribution in [0.25, 0.3) is 0 Å². The van der Waals surface area contributed by atoms with Crippen molar-refractivity contribution < 1.29 is 15.0 Å². The maximum Gasteiger partial charge on any atom is 0.220 e. The minimum atomic E-state index is -0.857. The lowest BCUT2D eigenvalue weighted by Gasteiger charge is -2.19. The van der Waals surface area contributed by atoms with E-state index in [0.29, 0.717) is 6.42 Å². The highest BCUT2D eigenvalue weighted by molar-refractivity contribution is 5.76. The first-order valence-electron chi connectivity index (χ1n) is 21.6. The van der Waals surface area contributed by atoms with Gasteiger partial charge in [-0.2, -0.15) is 0 Å². The fourth-order valence-electron chi connectivity index (χ4n) is 6.61. The standard InChI is InChI=1S/C44H85NO3/c1-3-5-7-9-11-13-15-17-19-21-23-25-27-29-31-33-35-37-39-43(47)42(41-46)45-44(48)40-38-36-34-32-30-28-26-24-22-20-18-16-14-12-10-8-6-4-2/h29,31,37,39,42-43,46-47H,3-28,30,32-36,38,40-41H2,1-2H3,(H,45,48)/b31-29+,39-37+. The number of allylic oxidation sites excluding steroid dienone is 3. The number of hydrogen-bond acceptors (Lipinski definition) is 3. The highest BCUT2D eigenvalue weighted by Crippen LogP contribution is 2.15. The van der Waals surface area contributed by atoms with Crippen molar-refractivity contribution in [3.8, 4) is 0 Å². The Hall–Kier alpha value is -1.13. The summed E-state index contributed by atoms with van der Waals surface area (Å²) in [6.07, 6.45) is 51.4. The molecule has 3 N–H and O–H groups in total. The van der Waals surface area contributed by atoms with Gasteiger partial charge in [0.15, 0.2) is 0 Å². The molecule has 0 radical (unpaired) electrons. The van der Waals surface area contributed by atoms with E-state index in [4.69, 9.17) is 0 Å². The van der Waals surface area contributed by atoms with Gasteiger partial charge in [0.1, 0.15) is 0 Å². The summed E-state index contributed by atoms with van der Waals surface area (Å²) in [6.45, 7) is 4.31. The normalized spacial score (nSPS) is 13.2. The third-order valence-electron chi connectivity index (χ3n) is 9.94. The largest absolute Gasteiger partial charge is 0.394 e. The highest BCUT2D eigenvalue weighted by Gasteiger charge is 2.17. The summed E-state index contributed by atoms with van der Waals surface area (Å²) >= 11 is 0. The minimum absolute atomic E-state index is 0.0706. The summed E-state index contributed by atoms with van der Waals surface area (Å²) in [5, 5.41) is 23.0. The monoisotopic (exact) mass is 676 g/mol. The Balaban J connectivity index is 3.59. The third-order valence-corrected chi connectivity index (χ3v) is 9.94. The predicted octanol–water partition coefficient (Wildman–Crippen LogP) is 13.2. The van der Waals surface area contributed by atoms with E-state index in [2.05, 4.69) is 31.3 Å². The van der Waals surface area contributed by atoms with Crippen LogP contribution in [0.15, 0.2) is 24.3 Å². The maximum atomic E-state index is 12.4. The summed E-state index contributed by atoms with van der Waals surface area (Å²) in [6, 6.07) is -0.634. The van der Waals surface area contributed by atoms with Crippen molar-refractivity contribution in [2.75, 3.05) is 6.61 Å². The molecule has 0 aromatic rings. The van der Waals surface area contributed by atoms with Crippen LogP contribution in [0.4, 0.5) is 0 Å². The number of nitrogens with one attached hydrogen (secondary N) is 1. The Kier molecular flexibility index (Phi) is 39.4. The quantitative estimate of drug-likeness (QED) is 0.0448. The molecule has 4 nitrogen and oxygen atoms in total. The van der Waals surface area contributed by atoms with Gasteiger partial charge in [-0.05, 0) is 32.1 Å². The first-order chi connectivity index (χ1) is 23.7. The van der Waals surface area contributed by atoms with Gasteiger partial charge in [0, 0.05) is 6.42 Å². The molecule has 0 spiro atoms. The number of amides is 1. The Bertz CT molecular complexity index is 691. The molecule has 0 fully saturated rings. The first-order valence-corrected chi connectivity index (χ1v) is 21.6. The fourth-order valence-corrected chi connectivity index (χ4v) is 6.61. The van der Waals surface area contributed by atoms with Crippen LogP contribution in [-0.2, 0) is 4.79 Å². The van der Waals surface area contributed by atoms with Crippen LogP contribution in [0.2, 0.25) is 0 Å². The molecule has 48 heavy (non-hydrogen) atoms. The summed E-state index contributed by atoms with van der Waals surface area (Å²) in [7, 11) is 0. The van der Waals surface area contributed by atoms with Crippen molar-refractivity contribution in [2.24, 2.45) is 0 Å². The van der Waals surface area contributed by atoms with Crippen molar-refractivity contribution in [3.63, 3.8) is 0 Å². The molecular weight excluding hydrogens is 590 g/mol. The van der Waals surface area contributed by atoms with Crippen molar-refractivity contribution in [2.45, 2.75) is 244 Å². The second kappa shape index (κ2) is 40.3. The number of carbonyl (C=O) groups is 1. The smallest absolute Gasteiger partial charge is 0.220 e. The molecular formula is C44H85NO3. The zero-order chi connectivity index (χ0) is 35.0. The van der Waals surface area contributed by atoms with Gasteiger partial charge in [-0.15, -0.1) is 0 Å². The highest BCUT2D eigenvalue weighted by atomic mass is 16.3. The number of rotatable bonds is 39. The summed E-state index contributed by atoms with van der Waals surface area (Å²) < 4.78 is 0. The van der Waals surface area contributed by atoms with Crippen LogP contribution < -0.4 is 5.32 Å². The SMILES string of the molecule is CCCCCCCCCCCCCC/C=C/CC/C=C/C(O)C(CO)NC(=O)CCCCCCCCCCCCCCCCCCCC. The van der Waals surface area contributed by atoms with Crippen LogP contribution in [0.3, 0.4) is 0 Å². The topological polar surface area (TPSA) is 69.6 Å². The summed E-state index contributed by atoms with van der Waals surface area (Å²) in [4.78, 5) is 12.4. The average molecular weight is 676 g/mol. The van der Waals surface area contributed by atoms with Crippen molar-refractivity contribution >= 4 is 5.91 Å². The Morgan fingerprint density at radius 1 is 0.479 bits per heavy atom. The molecule has 2 unspecified atom stereocenters. The lowest BCUT2D eigenvalue weighted by atomic mass is 10.0. The van der Waals surface area contributed by atoms with Crippen molar-refractivity contribution in [1.29, 1.82) is 0 Å². The van der Waals surface area contributed by atoms with Gasteiger partial charge in [-0.3, -0.25) is 4.79 Å². The summed E-state index contributed by atoms with van der Waals surface area (Å²) in [5.41, 5.74) is 0. The molecule has 0 saturated carbocycles. The molecule has 0 aliphatic carbocycles. The molecule has 0 bridgehead atoms. The molecule has 284 valence electrons. The van der Waals surface area contributed by atoms with Crippen LogP contribution >= 0.6 is 0 Å². The van der Waals surface area contributed by atoms with Crippen LogP contribution in [0.5, 0.6) is 0 Å². The number of aliphatic hydroxyl groups is 2. The van der Waals surface area contributed by atoms with E-state index in [1.807, 2.05) is 6.08 Å². The zero-order valence-electron chi connectivity index (χ0n) is 32.5. The fraction of sp³-hybridized carbons (Fsp3) is 0.886. The molecule has 0 rings (SSSR count). The maximum absolute atomic E-state index is 12.4. The van der Waals surface area contributed by atoms with E-state index < -0.39 is 12.1 Å². The molecule has 0 aromatic carbocycles. The summed E-state index contributed by atoms with van der Waals surface area (Å²) in [5.74, 6) is -0.0706. The van der Waals surface area contributed by atoms with Crippen LogP contribution in [0, 0.1) is 0 Å². The minimum Gasteiger partial charge on any atom is -0.394 e. The molecule has 0 aliphatic heterocycles. The van der Waals surface area contributed by atoms with E-state index in [1.54, 1.807) is 6.08 Å². The Morgan fingerprint density at radius 2 is 0.812 bits per heavy atom. The number of aliphatic hydroxyl groups excluding tert-OH is 2. The van der Waals surface area contributed by atoms with Crippen molar-refractivity contribution in [3.05, 3.63) is 24.3 Å². The Morgan fingerprint density at radius 3 is 1.21 bits per heavy atom. The van der Waals surface area contributed by atoms with Gasteiger partial charge in [-0.1, -0.05) is 218 Å². The van der Waals surface area contributed by atoms with Gasteiger partial charge in [0.05, 0.1) is 18.8 Å². The molecule has 0 aliphatic rings. The first kappa shape index (κ1) is 46.9. The molecule has 1 amide bonds. The lowest BCUT2D eigenvalue weighted by molar-refractivity contribution is -0.123. The molecule has 2 atom stereocenters. The van der Waals surface area contributed by atoms with Gasteiger partial charge in [0.25, 0.3) is 0 Å². The van der Waals surface area contributed by atoms with E-state index in [1.165, 1.54) is 180 Å². The van der Waals surface area contributed by atoms with E-state index >= 15 is 0 Å². The van der Waals surface area contributed by atoms with Gasteiger partial charge >= 0.3 is 0 Å². The van der Waals surface area contributed by atoms with Gasteiger partial charge < -0.3 is 15.5 Å². The zero-order valence-corrected chi connectivity index (χ0v) is 32.5. The average Bonchev–Trinajstić information content (AvgIpc) is 3.09. The van der Waals surface area contributed by atoms with Gasteiger partial charge in [0.2, 0.25) is 5.91 Å². The second-order valence-corrected chi connectivity index (χ2v) is 14.8. The van der Waals surface area contributed by atoms with Crippen LogP contribution in [-0.4, -0.2) is 34.9 Å². The number of hydrogen-bond donors (Lipinski definition) is 3. The predicted molar refractivity (Wildman–Crippen MR) is 212 cm³/mol.